The summed E-state index contributed by atoms with van der Waals surface area (Å²) >= 11 is 0. The van der Waals surface area contributed by atoms with Gasteiger partial charge in [-0.25, -0.2) is 19.9 Å². The van der Waals surface area contributed by atoms with E-state index in [0.717, 1.165) is 22.1 Å². The van der Waals surface area contributed by atoms with Crippen LogP contribution in [-0.2, 0) is 28.7 Å². The molecule has 0 fully saturated rings. The highest BCUT2D eigenvalue weighted by Crippen LogP contribution is 2.06. The molecular weight excluding hydrogens is 500 g/mol. The van der Waals surface area contributed by atoms with Crippen molar-refractivity contribution in [3.63, 3.8) is 0 Å². The van der Waals surface area contributed by atoms with Crippen molar-refractivity contribution < 1.29 is 48.8 Å². The van der Waals surface area contributed by atoms with Crippen molar-refractivity contribution in [3.8, 4) is 0 Å². The summed E-state index contributed by atoms with van der Waals surface area (Å²) in [5, 5.41) is 19.3. The first-order valence-corrected chi connectivity index (χ1v) is 11.3. The fraction of sp³-hybridized carbons (Fsp3) is 0.250. The average molecular weight is 531 g/mol. The Bertz CT molecular complexity index is 1170. The van der Waals surface area contributed by atoms with E-state index in [4.69, 9.17) is 11.5 Å². The number of benzene rings is 2. The predicted octanol–water partition coefficient (Wildman–Crippen LogP) is -1.49. The van der Waals surface area contributed by atoms with Gasteiger partial charge in [0.25, 0.3) is 0 Å². The lowest BCUT2D eigenvalue weighted by Gasteiger charge is -2.00. The van der Waals surface area contributed by atoms with E-state index >= 15 is 0 Å². The molecule has 4 aromatic rings. The molecule has 38 heavy (non-hydrogen) atoms. The third kappa shape index (κ3) is 12.5. The summed E-state index contributed by atoms with van der Waals surface area (Å²) in [5.74, 6) is -3.13. The zero-order chi connectivity index (χ0) is 28.5. The average Bonchev–Trinajstić information content (AvgIpc) is 3.40. The lowest BCUT2D eigenvalue weighted by Crippen LogP contribution is -2.26. The summed E-state index contributed by atoms with van der Waals surface area (Å²) < 4.78 is 8.59. The maximum absolute atomic E-state index is 10.2. The first-order chi connectivity index (χ1) is 18.0. The van der Waals surface area contributed by atoms with Crippen molar-refractivity contribution >= 4 is 57.8 Å². The van der Waals surface area contributed by atoms with Crippen LogP contribution < -0.4 is 31.6 Å². The number of esters is 2. The van der Waals surface area contributed by atoms with Crippen LogP contribution in [0.4, 0.5) is 11.9 Å². The number of H-pyrrole nitrogens is 4. The Morgan fingerprint density at radius 3 is 1.34 bits per heavy atom. The second-order valence-electron chi connectivity index (χ2n) is 7.13. The molecule has 2 aromatic carbocycles. The van der Waals surface area contributed by atoms with Crippen LogP contribution in [0.5, 0.6) is 0 Å². The Balaban J connectivity index is 0.000000254. The van der Waals surface area contributed by atoms with E-state index in [-0.39, 0.29) is 13.2 Å². The van der Waals surface area contributed by atoms with Gasteiger partial charge in [0.05, 0.1) is 38.0 Å². The number of fused-ring (bicyclic) bond motifs is 2. The molecule has 2 heterocycles. The molecule has 2 aromatic heterocycles. The number of rotatable bonds is 6. The lowest BCUT2D eigenvalue weighted by molar-refractivity contribution is -0.326. The van der Waals surface area contributed by atoms with Gasteiger partial charge in [-0.05, 0) is 38.1 Å². The smallest absolute Gasteiger partial charge is 0.351 e. The number of imidazole rings is 2. The topological polar surface area (TPSA) is 245 Å². The largest absolute Gasteiger partial charge is 0.550 e. The van der Waals surface area contributed by atoms with E-state index in [1.807, 2.05) is 48.5 Å². The number of aromatic nitrogens is 4. The molecule has 0 unspecified atom stereocenters. The van der Waals surface area contributed by atoms with Gasteiger partial charge in [0.15, 0.2) is 0 Å². The number of nitrogens with one attached hydrogen (secondary N) is 4. The number of carbonyl (C=O) groups excluding carboxylic acids is 4. The van der Waals surface area contributed by atoms with Gasteiger partial charge >= 0.3 is 23.8 Å². The number of carbonyl (C=O) groups is 4. The second-order valence-corrected chi connectivity index (χ2v) is 7.13. The summed E-state index contributed by atoms with van der Waals surface area (Å²) in [6, 6.07) is 15.8. The third-order valence-electron chi connectivity index (χ3n) is 4.12. The van der Waals surface area contributed by atoms with E-state index in [9.17, 15) is 29.4 Å². The number of para-hydroxylation sites is 4. The van der Waals surface area contributed by atoms with E-state index in [1.165, 1.54) is 0 Å². The van der Waals surface area contributed by atoms with Crippen LogP contribution in [0, 0.1) is 0 Å². The highest BCUT2D eigenvalue weighted by atomic mass is 16.5. The van der Waals surface area contributed by atoms with E-state index in [1.54, 1.807) is 13.8 Å². The van der Waals surface area contributed by atoms with Crippen molar-refractivity contribution in [1.29, 1.82) is 0 Å². The number of aromatic amines is 4. The number of anilines is 2. The number of ether oxygens (including phenoxy) is 2. The first kappa shape index (κ1) is 30.9. The molecule has 14 nitrogen and oxygen atoms in total. The van der Waals surface area contributed by atoms with Crippen molar-refractivity contribution in [1.82, 2.24) is 9.97 Å². The molecule has 0 aliphatic rings. The molecule has 4 rings (SSSR count). The van der Waals surface area contributed by atoms with Crippen molar-refractivity contribution in [2.45, 2.75) is 26.7 Å². The standard InChI is InChI=1S/2C7H7N3.2C5H8O4/c2*8-7-9-5-3-1-2-4-6(5)10-7;2*1-2-9-5(8)3-4(6)7/h2*1-4H,(H3,8,9,10);2*2-3H2,1H3,(H,6,7). The quantitative estimate of drug-likeness (QED) is 0.166. The van der Waals surface area contributed by atoms with Crippen molar-refractivity contribution in [3.05, 3.63) is 48.5 Å². The molecule has 8 N–H and O–H groups in total. The summed E-state index contributed by atoms with van der Waals surface area (Å²) in [6.45, 7) is 3.61. The fourth-order valence-electron chi connectivity index (χ4n) is 2.70. The molecule has 204 valence electrons. The molecule has 0 bridgehead atoms. The minimum absolute atomic E-state index is 0.201. The summed E-state index contributed by atoms with van der Waals surface area (Å²) in [6.07, 6.45) is -1.32. The van der Waals surface area contributed by atoms with Gasteiger partial charge in [-0.3, -0.25) is 21.1 Å². The number of nitrogen functional groups attached to an aromatic ring is 2. The van der Waals surface area contributed by atoms with Crippen LogP contribution in [0.2, 0.25) is 0 Å². The summed E-state index contributed by atoms with van der Waals surface area (Å²) in [5.41, 5.74) is 15.1. The number of hydrogen-bond donors (Lipinski definition) is 4. The predicted molar refractivity (Wildman–Crippen MR) is 131 cm³/mol. The molecule has 0 spiro atoms. The molecule has 0 radical (unpaired) electrons. The Morgan fingerprint density at radius 2 is 1.05 bits per heavy atom. The molecule has 0 saturated heterocycles. The maximum Gasteiger partial charge on any atom is 0.351 e. The van der Waals surface area contributed by atoms with Gasteiger partial charge in [-0.15, -0.1) is 0 Å². The number of hydrogen-bond acceptors (Lipinski definition) is 10. The van der Waals surface area contributed by atoms with Crippen LogP contribution >= 0.6 is 0 Å². The number of nitrogens with two attached hydrogens (primary N) is 2. The van der Waals surface area contributed by atoms with E-state index in [0.29, 0.717) is 11.9 Å². The lowest BCUT2D eigenvalue weighted by atomic mass is 10.3. The van der Waals surface area contributed by atoms with Crippen molar-refractivity contribution in [2.24, 2.45) is 0 Å². The SMILES string of the molecule is CCOC(=O)CC(=O)[O-].CCOC(=O)CC(=O)[O-].Nc1[nH]c2ccccc2[nH+]1.Nc1[nH]c2ccccc2[nH+]1. The van der Waals surface area contributed by atoms with Crippen LogP contribution in [0.1, 0.15) is 26.7 Å². The maximum atomic E-state index is 10.2. The Hall–Kier alpha value is -5.14. The van der Waals surface area contributed by atoms with Crippen molar-refractivity contribution in [2.75, 3.05) is 24.7 Å². The number of carboxylic acid groups (broad SMARTS) is 2. The third-order valence-corrected chi connectivity index (χ3v) is 4.12. The Labute approximate surface area is 217 Å². The van der Waals surface area contributed by atoms with Gasteiger partial charge in [0.2, 0.25) is 0 Å². The molecular formula is C24H30N6O8. The van der Waals surface area contributed by atoms with Crippen LogP contribution in [-0.4, -0.2) is 47.1 Å². The Kier molecular flexibility index (Phi) is 13.4. The molecule has 0 aliphatic heterocycles. The van der Waals surface area contributed by atoms with Gasteiger partial charge in [0.1, 0.15) is 22.1 Å². The van der Waals surface area contributed by atoms with Crippen LogP contribution in [0.3, 0.4) is 0 Å². The summed E-state index contributed by atoms with van der Waals surface area (Å²) in [7, 11) is 0. The molecule has 14 heteroatoms. The molecule has 0 amide bonds. The molecule has 0 aliphatic carbocycles. The van der Waals surface area contributed by atoms with E-state index in [2.05, 4.69) is 29.4 Å². The van der Waals surface area contributed by atoms with Gasteiger partial charge in [-0.2, -0.15) is 0 Å². The Morgan fingerprint density at radius 1 is 0.711 bits per heavy atom. The van der Waals surface area contributed by atoms with Crippen LogP contribution in [0.15, 0.2) is 48.5 Å². The van der Waals surface area contributed by atoms with Gasteiger partial charge in [-0.1, -0.05) is 24.3 Å². The van der Waals surface area contributed by atoms with Crippen LogP contribution in [0.25, 0.3) is 22.1 Å². The number of aliphatic carboxylic acids is 2. The van der Waals surface area contributed by atoms with E-state index < -0.39 is 36.7 Å². The van der Waals surface area contributed by atoms with Gasteiger partial charge < -0.3 is 29.3 Å². The zero-order valence-electron chi connectivity index (χ0n) is 20.9. The normalized spacial score (nSPS) is 9.53. The molecule has 0 atom stereocenters. The number of carboxylic acids is 2. The highest BCUT2D eigenvalue weighted by molar-refractivity contribution is 5.89. The minimum Gasteiger partial charge on any atom is -0.550 e. The zero-order valence-corrected chi connectivity index (χ0v) is 20.9. The summed E-state index contributed by atoms with van der Waals surface area (Å²) in [4.78, 5) is 51.7. The fourth-order valence-corrected chi connectivity index (χ4v) is 2.70. The monoisotopic (exact) mass is 530 g/mol. The first-order valence-electron chi connectivity index (χ1n) is 11.3. The van der Waals surface area contributed by atoms with Gasteiger partial charge in [0, 0.05) is 0 Å². The molecule has 0 saturated carbocycles. The minimum atomic E-state index is -1.41. The second kappa shape index (κ2) is 16.5. The highest BCUT2D eigenvalue weighted by Gasteiger charge is 2.02.